The molecule has 3 heteroatoms. The van der Waals surface area contributed by atoms with Gasteiger partial charge in [-0.3, -0.25) is 9.69 Å². The Hall–Kier alpha value is -1.19. The SMILES string of the molecule is Cc1ccc(C)c(C(=O)CN(C)C(C)CO)c1. The van der Waals surface area contributed by atoms with Gasteiger partial charge in [-0.05, 0) is 39.4 Å². The fraction of sp³-hybridized carbons (Fsp3) is 0.500. The van der Waals surface area contributed by atoms with Crippen LogP contribution < -0.4 is 0 Å². The lowest BCUT2D eigenvalue weighted by Crippen LogP contribution is -2.36. The van der Waals surface area contributed by atoms with Crippen LogP contribution in [0.15, 0.2) is 18.2 Å². The van der Waals surface area contributed by atoms with Gasteiger partial charge in [0.05, 0.1) is 13.2 Å². The molecule has 1 N–H and O–H groups in total. The van der Waals surface area contributed by atoms with Crippen LogP contribution in [0.25, 0.3) is 0 Å². The number of hydrogen-bond donors (Lipinski definition) is 1. The van der Waals surface area contributed by atoms with Crippen molar-refractivity contribution >= 4 is 5.78 Å². The van der Waals surface area contributed by atoms with Gasteiger partial charge in [0.15, 0.2) is 5.78 Å². The molecule has 1 aromatic rings. The standard InChI is InChI=1S/C14H21NO2/c1-10-5-6-11(2)13(7-10)14(17)8-15(4)12(3)9-16/h5-7,12,16H,8-9H2,1-4H3. The van der Waals surface area contributed by atoms with Gasteiger partial charge in [-0.25, -0.2) is 0 Å². The second-order valence-electron chi connectivity index (χ2n) is 4.69. The Morgan fingerprint density at radius 3 is 2.65 bits per heavy atom. The van der Waals surface area contributed by atoms with Gasteiger partial charge in [0.25, 0.3) is 0 Å². The predicted octanol–water partition coefficient (Wildman–Crippen LogP) is 1.80. The normalized spacial score (nSPS) is 12.8. The van der Waals surface area contributed by atoms with Crippen molar-refractivity contribution in [3.05, 3.63) is 34.9 Å². The van der Waals surface area contributed by atoms with Gasteiger partial charge in [-0.1, -0.05) is 17.7 Å². The molecule has 0 bridgehead atoms. The third-order valence-corrected chi connectivity index (χ3v) is 3.10. The molecule has 3 nitrogen and oxygen atoms in total. The second kappa shape index (κ2) is 5.94. The van der Waals surface area contributed by atoms with Crippen LogP contribution in [0.2, 0.25) is 0 Å². The molecule has 0 saturated carbocycles. The van der Waals surface area contributed by atoms with Crippen molar-refractivity contribution in [3.8, 4) is 0 Å². The highest BCUT2D eigenvalue weighted by Crippen LogP contribution is 2.12. The van der Waals surface area contributed by atoms with Crippen LogP contribution in [0.3, 0.4) is 0 Å². The zero-order valence-electron chi connectivity index (χ0n) is 11.0. The number of benzene rings is 1. The van der Waals surface area contributed by atoms with Crippen molar-refractivity contribution in [2.45, 2.75) is 26.8 Å². The summed E-state index contributed by atoms with van der Waals surface area (Å²) in [5.41, 5.74) is 2.88. The van der Waals surface area contributed by atoms with Crippen LogP contribution in [0.1, 0.15) is 28.4 Å². The van der Waals surface area contributed by atoms with E-state index in [0.29, 0.717) is 6.54 Å². The fourth-order valence-corrected chi connectivity index (χ4v) is 1.64. The van der Waals surface area contributed by atoms with Gasteiger partial charge in [0.1, 0.15) is 0 Å². The Balaban J connectivity index is 2.79. The molecule has 1 unspecified atom stereocenters. The maximum absolute atomic E-state index is 12.1. The summed E-state index contributed by atoms with van der Waals surface area (Å²) in [5, 5.41) is 9.03. The summed E-state index contributed by atoms with van der Waals surface area (Å²) in [6.45, 7) is 6.23. The second-order valence-corrected chi connectivity index (χ2v) is 4.69. The van der Waals surface area contributed by atoms with E-state index in [1.807, 2.05) is 50.9 Å². The molecule has 0 amide bonds. The topological polar surface area (TPSA) is 40.5 Å². The molecule has 0 aliphatic carbocycles. The first-order chi connectivity index (χ1) is 7.95. The number of nitrogens with zero attached hydrogens (tertiary/aromatic N) is 1. The Bertz CT molecular complexity index is 401. The van der Waals surface area contributed by atoms with E-state index in [1.54, 1.807) is 0 Å². The number of aryl methyl sites for hydroxylation is 2. The van der Waals surface area contributed by atoms with Crippen LogP contribution in [-0.4, -0.2) is 42.0 Å². The van der Waals surface area contributed by atoms with Gasteiger partial charge < -0.3 is 5.11 Å². The zero-order valence-corrected chi connectivity index (χ0v) is 11.0. The lowest BCUT2D eigenvalue weighted by atomic mass is 10.0. The van der Waals surface area contributed by atoms with Gasteiger partial charge in [-0.2, -0.15) is 0 Å². The minimum absolute atomic E-state index is 0.00376. The van der Waals surface area contributed by atoms with Gasteiger partial charge in [0.2, 0.25) is 0 Å². The van der Waals surface area contributed by atoms with Crippen molar-refractivity contribution in [1.82, 2.24) is 4.90 Å². The molecule has 0 fully saturated rings. The summed E-state index contributed by atoms with van der Waals surface area (Å²) in [6.07, 6.45) is 0. The molecule has 0 aliphatic heterocycles. The van der Waals surface area contributed by atoms with Crippen molar-refractivity contribution in [3.63, 3.8) is 0 Å². The number of hydrogen-bond acceptors (Lipinski definition) is 3. The fourth-order valence-electron chi connectivity index (χ4n) is 1.64. The third kappa shape index (κ3) is 3.65. The van der Waals surface area contributed by atoms with Gasteiger partial charge in [-0.15, -0.1) is 0 Å². The van der Waals surface area contributed by atoms with E-state index in [-0.39, 0.29) is 18.4 Å². The number of Topliss-reactive ketones (excluding diaryl/α,β-unsaturated/α-hetero) is 1. The molecule has 0 spiro atoms. The highest BCUT2D eigenvalue weighted by Gasteiger charge is 2.15. The Labute approximate surface area is 103 Å². The minimum Gasteiger partial charge on any atom is -0.395 e. The van der Waals surface area contributed by atoms with Crippen LogP contribution in [-0.2, 0) is 0 Å². The number of aliphatic hydroxyl groups is 1. The van der Waals surface area contributed by atoms with Gasteiger partial charge >= 0.3 is 0 Å². The number of carbonyl (C=O) groups is 1. The molecule has 1 rings (SSSR count). The summed E-state index contributed by atoms with van der Waals surface area (Å²) >= 11 is 0. The number of ketones is 1. The molecule has 0 aromatic heterocycles. The maximum Gasteiger partial charge on any atom is 0.177 e. The summed E-state index contributed by atoms with van der Waals surface area (Å²) in [7, 11) is 1.85. The van der Waals surface area contributed by atoms with E-state index in [2.05, 4.69) is 0 Å². The molecule has 1 aromatic carbocycles. The highest BCUT2D eigenvalue weighted by atomic mass is 16.3. The Kier molecular flexibility index (Phi) is 4.85. The lowest BCUT2D eigenvalue weighted by Gasteiger charge is -2.22. The monoisotopic (exact) mass is 235 g/mol. The first-order valence-electron chi connectivity index (χ1n) is 5.87. The number of rotatable bonds is 5. The molecular formula is C14H21NO2. The maximum atomic E-state index is 12.1. The lowest BCUT2D eigenvalue weighted by molar-refractivity contribution is 0.0889. The van der Waals surface area contributed by atoms with Crippen molar-refractivity contribution in [1.29, 1.82) is 0 Å². The van der Waals surface area contributed by atoms with Crippen LogP contribution in [0, 0.1) is 13.8 Å². The summed E-state index contributed by atoms with van der Waals surface area (Å²) in [5.74, 6) is 0.106. The minimum atomic E-state index is 0.00376. The molecule has 0 saturated heterocycles. The van der Waals surface area contributed by atoms with Crippen molar-refractivity contribution in [2.75, 3.05) is 20.2 Å². The first kappa shape index (κ1) is 13.9. The van der Waals surface area contributed by atoms with Crippen LogP contribution in [0.5, 0.6) is 0 Å². The summed E-state index contributed by atoms with van der Waals surface area (Å²) in [4.78, 5) is 14.0. The van der Waals surface area contributed by atoms with E-state index in [1.165, 1.54) is 0 Å². The molecule has 0 heterocycles. The number of likely N-dealkylation sites (N-methyl/N-ethyl adjacent to an activating group) is 1. The van der Waals surface area contributed by atoms with E-state index in [9.17, 15) is 4.79 Å². The van der Waals surface area contributed by atoms with Crippen LogP contribution >= 0.6 is 0 Å². The molecule has 0 radical (unpaired) electrons. The van der Waals surface area contributed by atoms with E-state index in [0.717, 1.165) is 16.7 Å². The zero-order chi connectivity index (χ0) is 13.0. The largest absolute Gasteiger partial charge is 0.395 e. The predicted molar refractivity (Wildman–Crippen MR) is 69.4 cm³/mol. The quantitative estimate of drug-likeness (QED) is 0.791. The average molecular weight is 235 g/mol. The molecule has 1 atom stereocenters. The highest BCUT2D eigenvalue weighted by molar-refractivity contribution is 5.99. The molecule has 94 valence electrons. The Morgan fingerprint density at radius 1 is 1.41 bits per heavy atom. The molecule has 17 heavy (non-hydrogen) atoms. The van der Waals surface area contributed by atoms with Crippen molar-refractivity contribution in [2.24, 2.45) is 0 Å². The van der Waals surface area contributed by atoms with Crippen molar-refractivity contribution < 1.29 is 9.90 Å². The van der Waals surface area contributed by atoms with E-state index in [4.69, 9.17) is 5.11 Å². The molecule has 0 aliphatic rings. The summed E-state index contributed by atoms with van der Waals surface area (Å²) in [6, 6.07) is 5.91. The first-order valence-corrected chi connectivity index (χ1v) is 5.87. The smallest absolute Gasteiger partial charge is 0.177 e. The summed E-state index contributed by atoms with van der Waals surface area (Å²) < 4.78 is 0. The van der Waals surface area contributed by atoms with E-state index >= 15 is 0 Å². The van der Waals surface area contributed by atoms with Gasteiger partial charge in [0, 0.05) is 11.6 Å². The number of carbonyl (C=O) groups excluding carboxylic acids is 1. The number of aliphatic hydroxyl groups excluding tert-OH is 1. The van der Waals surface area contributed by atoms with Crippen LogP contribution in [0.4, 0.5) is 0 Å². The third-order valence-electron chi connectivity index (χ3n) is 3.10. The average Bonchev–Trinajstić information content (AvgIpc) is 2.30. The van der Waals surface area contributed by atoms with E-state index < -0.39 is 0 Å². The Morgan fingerprint density at radius 2 is 2.06 bits per heavy atom. The molecular weight excluding hydrogens is 214 g/mol.